The summed E-state index contributed by atoms with van der Waals surface area (Å²) in [5.74, 6) is -1.29. The van der Waals surface area contributed by atoms with Crippen molar-refractivity contribution in [2.45, 2.75) is 26.4 Å². The van der Waals surface area contributed by atoms with Crippen LogP contribution in [0, 0.1) is 0 Å². The zero-order valence-electron chi connectivity index (χ0n) is 11.8. The molecule has 0 bridgehead atoms. The van der Waals surface area contributed by atoms with Crippen LogP contribution >= 0.6 is 0 Å². The van der Waals surface area contributed by atoms with E-state index >= 15 is 0 Å². The van der Waals surface area contributed by atoms with Gasteiger partial charge in [0.25, 0.3) is 0 Å². The van der Waals surface area contributed by atoms with Crippen LogP contribution in [0.3, 0.4) is 0 Å². The molecule has 1 heterocycles. The number of hydrogen-bond donors (Lipinski definition) is 3. The fourth-order valence-electron chi connectivity index (χ4n) is 1.53. The van der Waals surface area contributed by atoms with Crippen LogP contribution in [0.2, 0.25) is 0 Å². The van der Waals surface area contributed by atoms with Gasteiger partial charge in [-0.05, 0) is 13.8 Å². The van der Waals surface area contributed by atoms with Crippen LogP contribution < -0.4 is 16.0 Å². The van der Waals surface area contributed by atoms with E-state index in [1.54, 1.807) is 13.8 Å². The first kappa shape index (κ1) is 17.0. The maximum atomic E-state index is 12.7. The number of alkyl halides is 3. The summed E-state index contributed by atoms with van der Waals surface area (Å²) in [4.78, 5) is 18.1. The van der Waals surface area contributed by atoms with Crippen molar-refractivity contribution in [3.05, 3.63) is 11.9 Å². The summed E-state index contributed by atoms with van der Waals surface area (Å²) in [6.07, 6.45) is -4.48. The van der Waals surface area contributed by atoms with Gasteiger partial charge in [-0.15, -0.1) is 0 Å². The zero-order valence-corrected chi connectivity index (χ0v) is 11.8. The molecule has 1 amide bonds. The van der Waals surface area contributed by atoms with Gasteiger partial charge >= 0.3 is 6.18 Å². The summed E-state index contributed by atoms with van der Waals surface area (Å²) in [6, 6.07) is 1.37. The Morgan fingerprint density at radius 1 is 1.14 bits per heavy atom. The van der Waals surface area contributed by atoms with E-state index in [2.05, 4.69) is 25.9 Å². The lowest BCUT2D eigenvalue weighted by Crippen LogP contribution is -2.25. The molecule has 1 aromatic rings. The highest BCUT2D eigenvalue weighted by Gasteiger charge is 2.35. The standard InChI is InChI=1S/C12H18F3N5O/c1-3-16-8-7-9(18-6-5-10(21)17-4-2)20-11(19-8)12(13,14)15/h7H,3-6H2,1-2H3,(H,17,21)(H2,16,18,19,20). The fraction of sp³-hybridized carbons (Fsp3) is 0.583. The van der Waals surface area contributed by atoms with E-state index in [0.717, 1.165) is 0 Å². The van der Waals surface area contributed by atoms with Crippen molar-refractivity contribution in [3.63, 3.8) is 0 Å². The lowest BCUT2D eigenvalue weighted by atomic mass is 10.4. The Bertz CT molecular complexity index is 478. The second kappa shape index (κ2) is 7.65. The highest BCUT2D eigenvalue weighted by Crippen LogP contribution is 2.28. The molecule has 0 aromatic carbocycles. The summed E-state index contributed by atoms with van der Waals surface area (Å²) in [5.41, 5.74) is 0. The SMILES string of the molecule is CCNC(=O)CCNc1cc(NCC)nc(C(F)(F)F)n1. The average Bonchev–Trinajstić information content (AvgIpc) is 2.38. The first-order valence-corrected chi connectivity index (χ1v) is 6.57. The van der Waals surface area contributed by atoms with Crippen LogP contribution in [0.25, 0.3) is 0 Å². The lowest BCUT2D eigenvalue weighted by molar-refractivity contribution is -0.144. The first-order chi connectivity index (χ1) is 9.86. The molecule has 0 fully saturated rings. The molecule has 0 radical (unpaired) electrons. The maximum absolute atomic E-state index is 12.7. The number of carbonyl (C=O) groups is 1. The Balaban J connectivity index is 2.76. The Labute approximate surface area is 120 Å². The minimum atomic E-state index is -4.62. The van der Waals surface area contributed by atoms with Crippen molar-refractivity contribution < 1.29 is 18.0 Å². The summed E-state index contributed by atoms with van der Waals surface area (Å²) < 4.78 is 38.1. The van der Waals surface area contributed by atoms with E-state index < -0.39 is 12.0 Å². The number of amides is 1. The van der Waals surface area contributed by atoms with Gasteiger partial charge in [0.1, 0.15) is 11.6 Å². The molecular formula is C12H18F3N5O. The van der Waals surface area contributed by atoms with Crippen molar-refractivity contribution in [2.24, 2.45) is 0 Å². The third-order valence-electron chi connectivity index (χ3n) is 2.37. The average molecular weight is 305 g/mol. The number of halogens is 3. The van der Waals surface area contributed by atoms with Gasteiger partial charge in [-0.1, -0.05) is 0 Å². The topological polar surface area (TPSA) is 78.9 Å². The molecule has 1 aromatic heterocycles. The van der Waals surface area contributed by atoms with Gasteiger partial charge in [-0.25, -0.2) is 9.97 Å². The number of aromatic nitrogens is 2. The van der Waals surface area contributed by atoms with E-state index in [1.165, 1.54) is 6.07 Å². The summed E-state index contributed by atoms with van der Waals surface area (Å²) in [6.45, 7) is 4.67. The molecule has 0 aliphatic carbocycles. The molecule has 0 spiro atoms. The Hall–Kier alpha value is -2.06. The van der Waals surface area contributed by atoms with E-state index in [-0.39, 0.29) is 30.5 Å². The van der Waals surface area contributed by atoms with Crippen LogP contribution in [0.15, 0.2) is 6.07 Å². The van der Waals surface area contributed by atoms with Gasteiger partial charge in [0.05, 0.1) is 0 Å². The number of rotatable bonds is 7. The Morgan fingerprint density at radius 2 is 1.76 bits per heavy atom. The molecule has 118 valence electrons. The van der Waals surface area contributed by atoms with Gasteiger partial charge < -0.3 is 16.0 Å². The van der Waals surface area contributed by atoms with Crippen LogP contribution in [-0.2, 0) is 11.0 Å². The van der Waals surface area contributed by atoms with Crippen molar-refractivity contribution in [1.29, 1.82) is 0 Å². The Morgan fingerprint density at radius 3 is 2.29 bits per heavy atom. The van der Waals surface area contributed by atoms with Crippen molar-refractivity contribution in [1.82, 2.24) is 15.3 Å². The summed E-state index contributed by atoms with van der Waals surface area (Å²) in [7, 11) is 0. The fourth-order valence-corrected chi connectivity index (χ4v) is 1.53. The molecule has 0 atom stereocenters. The van der Waals surface area contributed by atoms with Gasteiger partial charge in [-0.3, -0.25) is 4.79 Å². The van der Waals surface area contributed by atoms with E-state index in [1.807, 2.05) is 0 Å². The number of nitrogens with zero attached hydrogens (tertiary/aromatic N) is 2. The smallest absolute Gasteiger partial charge is 0.370 e. The van der Waals surface area contributed by atoms with E-state index in [9.17, 15) is 18.0 Å². The van der Waals surface area contributed by atoms with Crippen molar-refractivity contribution in [3.8, 4) is 0 Å². The molecule has 3 N–H and O–H groups in total. The van der Waals surface area contributed by atoms with E-state index in [4.69, 9.17) is 0 Å². The predicted octanol–water partition coefficient (Wildman–Crippen LogP) is 1.87. The number of anilines is 2. The largest absolute Gasteiger partial charge is 0.451 e. The molecule has 0 saturated carbocycles. The number of carbonyl (C=O) groups excluding carboxylic acids is 1. The molecule has 1 rings (SSSR count). The molecule has 0 aliphatic rings. The minimum absolute atomic E-state index is 0.0255. The molecule has 0 aliphatic heterocycles. The number of hydrogen-bond acceptors (Lipinski definition) is 5. The zero-order chi connectivity index (χ0) is 15.9. The Kier molecular flexibility index (Phi) is 6.19. The highest BCUT2D eigenvalue weighted by molar-refractivity contribution is 5.76. The molecule has 9 heteroatoms. The third kappa shape index (κ3) is 5.84. The predicted molar refractivity (Wildman–Crippen MR) is 73.0 cm³/mol. The van der Waals surface area contributed by atoms with E-state index in [0.29, 0.717) is 13.1 Å². The van der Waals surface area contributed by atoms with Crippen molar-refractivity contribution >= 4 is 17.5 Å². The van der Waals surface area contributed by atoms with Crippen molar-refractivity contribution in [2.75, 3.05) is 30.3 Å². The first-order valence-electron chi connectivity index (χ1n) is 6.57. The second-order valence-corrected chi connectivity index (χ2v) is 4.12. The minimum Gasteiger partial charge on any atom is -0.370 e. The maximum Gasteiger partial charge on any atom is 0.451 e. The molecule has 21 heavy (non-hydrogen) atoms. The highest BCUT2D eigenvalue weighted by atomic mass is 19.4. The van der Waals surface area contributed by atoms with Gasteiger partial charge in [0.2, 0.25) is 11.7 Å². The van der Waals surface area contributed by atoms with Crippen LogP contribution in [0.4, 0.5) is 24.8 Å². The van der Waals surface area contributed by atoms with Gasteiger partial charge in [0, 0.05) is 32.1 Å². The van der Waals surface area contributed by atoms with Crippen LogP contribution in [-0.4, -0.2) is 35.5 Å². The third-order valence-corrected chi connectivity index (χ3v) is 2.37. The molecule has 0 saturated heterocycles. The quantitative estimate of drug-likeness (QED) is 0.716. The van der Waals surface area contributed by atoms with Gasteiger partial charge in [-0.2, -0.15) is 13.2 Å². The van der Waals surface area contributed by atoms with Gasteiger partial charge in [0.15, 0.2) is 0 Å². The molecular weight excluding hydrogens is 287 g/mol. The molecule has 6 nitrogen and oxygen atoms in total. The second-order valence-electron chi connectivity index (χ2n) is 4.12. The summed E-state index contributed by atoms with van der Waals surface area (Å²) in [5, 5.41) is 8.00. The number of nitrogens with one attached hydrogen (secondary N) is 3. The van der Waals surface area contributed by atoms with Crippen LogP contribution in [0.5, 0.6) is 0 Å². The lowest BCUT2D eigenvalue weighted by Gasteiger charge is -2.12. The summed E-state index contributed by atoms with van der Waals surface area (Å²) >= 11 is 0. The monoisotopic (exact) mass is 305 g/mol. The van der Waals surface area contributed by atoms with Crippen LogP contribution in [0.1, 0.15) is 26.1 Å². The normalized spacial score (nSPS) is 11.1. The molecule has 0 unspecified atom stereocenters.